The Bertz CT molecular complexity index is 1030. The van der Waals surface area contributed by atoms with E-state index in [-0.39, 0.29) is 0 Å². The normalized spacial score (nSPS) is 17.6. The van der Waals surface area contributed by atoms with E-state index in [4.69, 9.17) is 21.1 Å². The summed E-state index contributed by atoms with van der Waals surface area (Å²) in [5.74, 6) is -0.738. The SMILES string of the molecule is COc1cnc(OC)c2c1C(C(=O)C(=O)N1CCC(=C(Cl)c3ccccc3)CC1)CN2. The van der Waals surface area contributed by atoms with Gasteiger partial charge in [0.25, 0.3) is 5.91 Å². The number of aromatic nitrogens is 1. The van der Waals surface area contributed by atoms with Crippen LogP contribution < -0.4 is 14.8 Å². The Morgan fingerprint density at radius 3 is 2.48 bits per heavy atom. The number of nitrogens with zero attached hydrogens (tertiary/aromatic N) is 2. The number of benzene rings is 1. The number of amides is 1. The Morgan fingerprint density at radius 1 is 1.13 bits per heavy atom. The maximum atomic E-state index is 13.1. The van der Waals surface area contributed by atoms with E-state index in [0.29, 0.717) is 55.4 Å². The second-order valence-electron chi connectivity index (χ2n) is 7.50. The first-order chi connectivity index (χ1) is 15.0. The summed E-state index contributed by atoms with van der Waals surface area (Å²) in [6, 6.07) is 9.78. The summed E-state index contributed by atoms with van der Waals surface area (Å²) in [7, 11) is 3.02. The number of piperidine rings is 1. The molecule has 4 rings (SSSR count). The van der Waals surface area contributed by atoms with E-state index >= 15 is 0 Å². The highest BCUT2D eigenvalue weighted by atomic mass is 35.5. The highest BCUT2D eigenvalue weighted by molar-refractivity contribution is 6.49. The number of methoxy groups -OCH3 is 2. The molecule has 1 saturated heterocycles. The first kappa shape index (κ1) is 21.2. The van der Waals surface area contributed by atoms with Crippen molar-refractivity contribution in [3.05, 3.63) is 53.2 Å². The molecule has 7 nitrogen and oxygen atoms in total. The predicted octanol–water partition coefficient (Wildman–Crippen LogP) is 3.45. The van der Waals surface area contributed by atoms with Crippen molar-refractivity contribution in [2.75, 3.05) is 39.2 Å². The van der Waals surface area contributed by atoms with Crippen molar-refractivity contribution < 1.29 is 19.1 Å². The van der Waals surface area contributed by atoms with Gasteiger partial charge in [0.1, 0.15) is 11.4 Å². The molecular formula is C23H24ClN3O4. The number of carbonyl (C=O) groups is 2. The Hall–Kier alpha value is -3.06. The molecule has 1 amide bonds. The Labute approximate surface area is 186 Å². The molecule has 0 saturated carbocycles. The smallest absolute Gasteiger partial charge is 0.290 e. The van der Waals surface area contributed by atoms with E-state index in [1.54, 1.807) is 4.90 Å². The van der Waals surface area contributed by atoms with Crippen molar-refractivity contribution in [2.24, 2.45) is 0 Å². The van der Waals surface area contributed by atoms with Gasteiger partial charge in [0.2, 0.25) is 11.7 Å². The van der Waals surface area contributed by atoms with Crippen molar-refractivity contribution in [3.63, 3.8) is 0 Å². The lowest BCUT2D eigenvalue weighted by atomic mass is 9.94. The number of carbonyl (C=O) groups excluding carboxylic acids is 2. The van der Waals surface area contributed by atoms with Gasteiger partial charge in [0.05, 0.1) is 26.3 Å². The molecule has 1 aromatic heterocycles. The number of ketones is 1. The molecule has 1 atom stereocenters. The van der Waals surface area contributed by atoms with Crippen LogP contribution >= 0.6 is 11.6 Å². The summed E-state index contributed by atoms with van der Waals surface area (Å²) in [6.45, 7) is 1.23. The quantitative estimate of drug-likeness (QED) is 0.716. The van der Waals surface area contributed by atoms with Crippen molar-refractivity contribution in [3.8, 4) is 11.6 Å². The lowest BCUT2D eigenvalue weighted by molar-refractivity contribution is -0.145. The summed E-state index contributed by atoms with van der Waals surface area (Å²) in [5, 5.41) is 3.87. The number of rotatable bonds is 5. The van der Waals surface area contributed by atoms with Crippen LogP contribution in [-0.4, -0.2) is 55.4 Å². The lowest BCUT2D eigenvalue weighted by Gasteiger charge is -2.29. The third kappa shape index (κ3) is 3.97. The molecule has 2 aliphatic heterocycles. The molecule has 8 heteroatoms. The van der Waals surface area contributed by atoms with E-state index in [0.717, 1.165) is 16.2 Å². The second kappa shape index (κ2) is 8.98. The average molecular weight is 442 g/mol. The Kier molecular flexibility index (Phi) is 6.13. The number of ether oxygens (including phenoxy) is 2. The van der Waals surface area contributed by atoms with E-state index < -0.39 is 17.6 Å². The van der Waals surface area contributed by atoms with Gasteiger partial charge < -0.3 is 19.7 Å². The molecule has 162 valence electrons. The number of halogens is 1. The fraction of sp³-hybridized carbons (Fsp3) is 0.348. The van der Waals surface area contributed by atoms with Crippen molar-refractivity contribution in [1.29, 1.82) is 0 Å². The van der Waals surface area contributed by atoms with Crippen LogP contribution in [0.2, 0.25) is 0 Å². The zero-order valence-corrected chi connectivity index (χ0v) is 18.2. The monoisotopic (exact) mass is 441 g/mol. The summed E-state index contributed by atoms with van der Waals surface area (Å²) >= 11 is 6.57. The lowest BCUT2D eigenvalue weighted by Crippen LogP contribution is -2.42. The first-order valence-electron chi connectivity index (χ1n) is 10.2. The van der Waals surface area contributed by atoms with E-state index in [1.807, 2.05) is 30.3 Å². The molecule has 1 unspecified atom stereocenters. The van der Waals surface area contributed by atoms with Gasteiger partial charge in [-0.15, -0.1) is 0 Å². The zero-order valence-electron chi connectivity index (χ0n) is 17.5. The second-order valence-corrected chi connectivity index (χ2v) is 7.88. The molecule has 0 radical (unpaired) electrons. The Balaban J connectivity index is 1.49. The zero-order chi connectivity index (χ0) is 22.0. The number of likely N-dealkylation sites (tertiary alicyclic amines) is 1. The highest BCUT2D eigenvalue weighted by Crippen LogP contribution is 2.43. The summed E-state index contributed by atoms with van der Waals surface area (Å²) in [6.07, 6.45) is 2.81. The first-order valence-corrected chi connectivity index (χ1v) is 10.5. The number of Topliss-reactive ketones (excluding diaryl/α,β-unsaturated/α-hetero) is 1. The molecule has 0 aliphatic carbocycles. The van der Waals surface area contributed by atoms with Crippen LogP contribution in [0.4, 0.5) is 5.69 Å². The summed E-state index contributed by atoms with van der Waals surface area (Å²) < 4.78 is 10.7. The number of hydrogen-bond acceptors (Lipinski definition) is 6. The molecule has 1 fully saturated rings. The minimum absolute atomic E-state index is 0.303. The van der Waals surface area contributed by atoms with E-state index in [9.17, 15) is 9.59 Å². The molecule has 1 N–H and O–H groups in total. The van der Waals surface area contributed by atoms with Crippen LogP contribution in [0.25, 0.3) is 5.03 Å². The maximum Gasteiger partial charge on any atom is 0.290 e. The third-order valence-electron chi connectivity index (χ3n) is 5.81. The maximum absolute atomic E-state index is 13.1. The van der Waals surface area contributed by atoms with Crippen LogP contribution in [-0.2, 0) is 9.59 Å². The van der Waals surface area contributed by atoms with Crippen LogP contribution in [0.1, 0.15) is 29.9 Å². The van der Waals surface area contributed by atoms with Gasteiger partial charge in [-0.1, -0.05) is 41.9 Å². The standard InChI is InChI=1S/C23H24ClN3O4/c1-30-17-13-26-22(31-2)20-18(17)16(12-25-20)21(28)23(29)27-10-8-15(9-11-27)19(24)14-6-4-3-5-7-14/h3-7,13,16,25H,8-12H2,1-2H3. The fourth-order valence-corrected chi connectivity index (χ4v) is 4.46. The molecule has 0 bridgehead atoms. The number of nitrogens with one attached hydrogen (secondary N) is 1. The van der Waals surface area contributed by atoms with Gasteiger partial charge in [-0.2, -0.15) is 0 Å². The topological polar surface area (TPSA) is 80.8 Å². The minimum Gasteiger partial charge on any atom is -0.495 e. The molecular weight excluding hydrogens is 418 g/mol. The fourth-order valence-electron chi connectivity index (χ4n) is 4.15. The number of hydrogen-bond donors (Lipinski definition) is 1. The van der Waals surface area contributed by atoms with Crippen LogP contribution in [0.3, 0.4) is 0 Å². The van der Waals surface area contributed by atoms with Crippen LogP contribution in [0, 0.1) is 0 Å². The van der Waals surface area contributed by atoms with Crippen molar-refractivity contribution in [2.45, 2.75) is 18.8 Å². The number of pyridine rings is 1. The van der Waals surface area contributed by atoms with Gasteiger partial charge in [-0.25, -0.2) is 4.98 Å². The highest BCUT2D eigenvalue weighted by Gasteiger charge is 2.39. The van der Waals surface area contributed by atoms with Gasteiger partial charge in [0.15, 0.2) is 0 Å². The number of fused-ring (bicyclic) bond motifs is 1. The van der Waals surface area contributed by atoms with Crippen LogP contribution in [0.5, 0.6) is 11.6 Å². The molecule has 1 aromatic carbocycles. The van der Waals surface area contributed by atoms with Gasteiger partial charge in [0, 0.05) is 30.2 Å². The summed E-state index contributed by atoms with van der Waals surface area (Å²) in [4.78, 5) is 31.9. The van der Waals surface area contributed by atoms with Gasteiger partial charge in [-0.05, 0) is 24.0 Å². The molecule has 3 heterocycles. The largest absolute Gasteiger partial charge is 0.495 e. The molecule has 2 aliphatic rings. The van der Waals surface area contributed by atoms with E-state index in [1.165, 1.54) is 20.4 Å². The molecule has 2 aromatic rings. The third-order valence-corrected chi connectivity index (χ3v) is 6.30. The summed E-state index contributed by atoms with van der Waals surface area (Å²) in [5.41, 5.74) is 3.30. The van der Waals surface area contributed by atoms with E-state index in [2.05, 4.69) is 10.3 Å². The molecule has 31 heavy (non-hydrogen) atoms. The average Bonchev–Trinajstić information content (AvgIpc) is 3.28. The predicted molar refractivity (Wildman–Crippen MR) is 119 cm³/mol. The van der Waals surface area contributed by atoms with Crippen LogP contribution in [0.15, 0.2) is 42.1 Å². The Morgan fingerprint density at radius 2 is 1.84 bits per heavy atom. The van der Waals surface area contributed by atoms with Crippen molar-refractivity contribution >= 4 is 34.0 Å². The minimum atomic E-state index is -0.640. The van der Waals surface area contributed by atoms with Gasteiger partial charge >= 0.3 is 0 Å². The molecule has 0 spiro atoms. The number of anilines is 1. The van der Waals surface area contributed by atoms with Crippen molar-refractivity contribution in [1.82, 2.24) is 9.88 Å². The van der Waals surface area contributed by atoms with Gasteiger partial charge in [-0.3, -0.25) is 9.59 Å².